The van der Waals surface area contributed by atoms with Crippen LogP contribution in [0.4, 0.5) is 0 Å². The fourth-order valence-corrected chi connectivity index (χ4v) is 2.08. The quantitative estimate of drug-likeness (QED) is 0.712. The van der Waals surface area contributed by atoms with Crippen LogP contribution in [0, 0.1) is 13.8 Å². The summed E-state index contributed by atoms with van der Waals surface area (Å²) in [7, 11) is 0. The molecule has 0 spiro atoms. The van der Waals surface area contributed by atoms with Crippen molar-refractivity contribution in [3.8, 4) is 0 Å². The number of nitrogens with one attached hydrogen (secondary N) is 1. The van der Waals surface area contributed by atoms with E-state index in [0.29, 0.717) is 0 Å². The molecule has 1 rings (SSSR count). The van der Waals surface area contributed by atoms with Crippen molar-refractivity contribution in [3.05, 3.63) is 34.9 Å². The largest absolute Gasteiger partial charge is 0.480 e. The van der Waals surface area contributed by atoms with E-state index in [4.69, 9.17) is 4.74 Å². The predicted octanol–water partition coefficient (Wildman–Crippen LogP) is 1.76. The number of benzene rings is 1. The summed E-state index contributed by atoms with van der Waals surface area (Å²) in [4.78, 5) is 34.3. The van der Waals surface area contributed by atoms with E-state index in [2.05, 4.69) is 5.32 Å². The highest BCUT2D eigenvalue weighted by molar-refractivity contribution is 5.85. The first-order valence-corrected chi connectivity index (χ1v) is 7.57. The Morgan fingerprint density at radius 2 is 1.87 bits per heavy atom. The van der Waals surface area contributed by atoms with Crippen molar-refractivity contribution >= 4 is 17.8 Å². The van der Waals surface area contributed by atoms with E-state index in [0.717, 1.165) is 16.7 Å². The summed E-state index contributed by atoms with van der Waals surface area (Å²) in [6, 6.07) is 4.66. The summed E-state index contributed by atoms with van der Waals surface area (Å²) in [5.74, 6) is -2.05. The van der Waals surface area contributed by atoms with Gasteiger partial charge in [-0.15, -0.1) is 0 Å². The Kier molecular flexibility index (Phi) is 7.25. The van der Waals surface area contributed by atoms with Crippen molar-refractivity contribution in [2.45, 2.75) is 46.1 Å². The smallest absolute Gasteiger partial charge is 0.326 e. The fraction of sp³-hybridized carbons (Fsp3) is 0.471. The van der Waals surface area contributed by atoms with Crippen LogP contribution in [-0.4, -0.2) is 35.6 Å². The maximum absolute atomic E-state index is 11.8. The van der Waals surface area contributed by atoms with Gasteiger partial charge in [-0.2, -0.15) is 0 Å². The fourth-order valence-electron chi connectivity index (χ4n) is 2.08. The molecule has 0 heterocycles. The first-order valence-electron chi connectivity index (χ1n) is 7.57. The van der Waals surface area contributed by atoms with Crippen molar-refractivity contribution in [2.24, 2.45) is 0 Å². The Labute approximate surface area is 135 Å². The van der Waals surface area contributed by atoms with Crippen LogP contribution in [0.2, 0.25) is 0 Å². The Bertz CT molecular complexity index is 582. The summed E-state index contributed by atoms with van der Waals surface area (Å²) < 4.78 is 4.73. The van der Waals surface area contributed by atoms with Gasteiger partial charge in [0.15, 0.2) is 0 Å². The van der Waals surface area contributed by atoms with E-state index >= 15 is 0 Å². The van der Waals surface area contributed by atoms with Gasteiger partial charge in [0.2, 0.25) is 5.91 Å². The Balaban J connectivity index is 2.61. The SMILES string of the molecule is CCOC(=O)CCC(=O)N[C@H](Cc1ccc(C)c(C)c1)C(=O)O. The van der Waals surface area contributed by atoms with Gasteiger partial charge in [-0.05, 0) is 37.5 Å². The number of hydrogen-bond donors (Lipinski definition) is 2. The minimum absolute atomic E-state index is 0.0599. The number of carboxylic acids is 1. The van der Waals surface area contributed by atoms with Gasteiger partial charge in [0.25, 0.3) is 0 Å². The molecule has 1 aromatic rings. The molecule has 0 radical (unpaired) electrons. The van der Waals surface area contributed by atoms with Gasteiger partial charge in [0.05, 0.1) is 13.0 Å². The molecule has 6 nitrogen and oxygen atoms in total. The van der Waals surface area contributed by atoms with Gasteiger partial charge >= 0.3 is 11.9 Å². The van der Waals surface area contributed by atoms with E-state index in [1.54, 1.807) is 6.92 Å². The van der Waals surface area contributed by atoms with Crippen molar-refractivity contribution in [3.63, 3.8) is 0 Å². The number of aliphatic carboxylic acids is 1. The summed E-state index contributed by atoms with van der Waals surface area (Å²) in [6.07, 6.45) is 0.0484. The highest BCUT2D eigenvalue weighted by Gasteiger charge is 2.21. The lowest BCUT2D eigenvalue weighted by Crippen LogP contribution is -2.42. The lowest BCUT2D eigenvalue weighted by atomic mass is 10.0. The van der Waals surface area contributed by atoms with Crippen molar-refractivity contribution in [1.82, 2.24) is 5.32 Å². The van der Waals surface area contributed by atoms with Crippen LogP contribution in [0.25, 0.3) is 0 Å². The third-order valence-electron chi connectivity index (χ3n) is 3.51. The Morgan fingerprint density at radius 1 is 1.17 bits per heavy atom. The van der Waals surface area contributed by atoms with Gasteiger partial charge < -0.3 is 15.2 Å². The third kappa shape index (κ3) is 6.50. The number of rotatable bonds is 8. The van der Waals surface area contributed by atoms with Gasteiger partial charge in [-0.25, -0.2) is 4.79 Å². The molecular weight excluding hydrogens is 298 g/mol. The molecule has 0 saturated carbocycles. The summed E-state index contributed by atoms with van der Waals surface area (Å²) in [5.41, 5.74) is 3.03. The summed E-state index contributed by atoms with van der Waals surface area (Å²) in [5, 5.41) is 11.7. The average Bonchev–Trinajstić information content (AvgIpc) is 2.48. The lowest BCUT2D eigenvalue weighted by molar-refractivity contribution is -0.144. The van der Waals surface area contributed by atoms with E-state index in [9.17, 15) is 19.5 Å². The van der Waals surface area contributed by atoms with Crippen LogP contribution in [0.3, 0.4) is 0 Å². The zero-order valence-electron chi connectivity index (χ0n) is 13.7. The van der Waals surface area contributed by atoms with Gasteiger partial charge in [0.1, 0.15) is 6.04 Å². The molecule has 6 heteroatoms. The minimum atomic E-state index is -1.10. The summed E-state index contributed by atoms with van der Waals surface area (Å²) >= 11 is 0. The Morgan fingerprint density at radius 3 is 2.43 bits per heavy atom. The standard InChI is InChI=1S/C17H23NO5/c1-4-23-16(20)8-7-15(19)18-14(17(21)22)10-13-6-5-11(2)12(3)9-13/h5-6,9,14H,4,7-8,10H2,1-3H3,(H,18,19)(H,21,22)/t14-/m1/s1. The molecule has 23 heavy (non-hydrogen) atoms. The minimum Gasteiger partial charge on any atom is -0.480 e. The van der Waals surface area contributed by atoms with Crippen LogP contribution in [0.5, 0.6) is 0 Å². The van der Waals surface area contributed by atoms with Crippen LogP contribution < -0.4 is 5.32 Å². The molecule has 0 bridgehead atoms. The number of amides is 1. The molecule has 0 saturated heterocycles. The zero-order valence-corrected chi connectivity index (χ0v) is 13.7. The number of esters is 1. The summed E-state index contributed by atoms with van der Waals surface area (Å²) in [6.45, 7) is 5.87. The number of carbonyl (C=O) groups is 3. The van der Waals surface area contributed by atoms with Crippen molar-refractivity contribution in [1.29, 1.82) is 0 Å². The molecule has 1 atom stereocenters. The van der Waals surface area contributed by atoms with Gasteiger partial charge in [-0.1, -0.05) is 18.2 Å². The van der Waals surface area contributed by atoms with Crippen LogP contribution in [0.1, 0.15) is 36.5 Å². The van der Waals surface area contributed by atoms with Crippen molar-refractivity contribution < 1.29 is 24.2 Å². The number of aryl methyl sites for hydroxylation is 2. The second-order valence-electron chi connectivity index (χ2n) is 5.39. The third-order valence-corrected chi connectivity index (χ3v) is 3.51. The highest BCUT2D eigenvalue weighted by Crippen LogP contribution is 2.12. The van der Waals surface area contributed by atoms with E-state index < -0.39 is 23.9 Å². The number of hydrogen-bond acceptors (Lipinski definition) is 4. The first kappa shape index (κ1) is 18.7. The number of carbonyl (C=O) groups excluding carboxylic acids is 2. The molecule has 0 aliphatic heterocycles. The van der Waals surface area contributed by atoms with E-state index in [1.165, 1.54) is 0 Å². The van der Waals surface area contributed by atoms with E-state index in [1.807, 2.05) is 32.0 Å². The molecule has 0 fully saturated rings. The normalized spacial score (nSPS) is 11.6. The van der Waals surface area contributed by atoms with Gasteiger partial charge in [-0.3, -0.25) is 9.59 Å². The molecular formula is C17H23NO5. The molecule has 0 aliphatic carbocycles. The topological polar surface area (TPSA) is 92.7 Å². The maximum Gasteiger partial charge on any atom is 0.326 e. The van der Waals surface area contributed by atoms with Crippen molar-refractivity contribution in [2.75, 3.05) is 6.61 Å². The van der Waals surface area contributed by atoms with Gasteiger partial charge in [0, 0.05) is 12.8 Å². The second-order valence-corrected chi connectivity index (χ2v) is 5.39. The molecule has 0 aromatic heterocycles. The maximum atomic E-state index is 11.8. The molecule has 0 unspecified atom stereocenters. The highest BCUT2D eigenvalue weighted by atomic mass is 16.5. The molecule has 1 amide bonds. The first-order chi connectivity index (χ1) is 10.8. The second kappa shape index (κ2) is 8.92. The lowest BCUT2D eigenvalue weighted by Gasteiger charge is -2.15. The molecule has 2 N–H and O–H groups in total. The number of carboxylic acid groups (broad SMARTS) is 1. The molecule has 1 aromatic carbocycles. The predicted molar refractivity (Wildman–Crippen MR) is 85.1 cm³/mol. The van der Waals surface area contributed by atoms with Crippen LogP contribution >= 0.6 is 0 Å². The van der Waals surface area contributed by atoms with Crippen LogP contribution in [0.15, 0.2) is 18.2 Å². The van der Waals surface area contributed by atoms with Crippen LogP contribution in [-0.2, 0) is 25.5 Å². The monoisotopic (exact) mass is 321 g/mol. The zero-order chi connectivity index (χ0) is 17.4. The Hall–Kier alpha value is -2.37. The average molecular weight is 321 g/mol. The van der Waals surface area contributed by atoms with E-state index in [-0.39, 0.29) is 25.9 Å². The molecule has 0 aliphatic rings. The number of ether oxygens (including phenoxy) is 1. The molecule has 126 valence electrons.